The summed E-state index contributed by atoms with van der Waals surface area (Å²) < 4.78 is 0. The highest BCUT2D eigenvalue weighted by Gasteiger charge is 2.21. The molecule has 1 heterocycles. The summed E-state index contributed by atoms with van der Waals surface area (Å²) in [5, 5.41) is 4.83. The van der Waals surface area contributed by atoms with Gasteiger partial charge in [0.05, 0.1) is 0 Å². The molecule has 0 aliphatic carbocycles. The maximum atomic E-state index is 5.34. The van der Waals surface area contributed by atoms with Gasteiger partial charge in [0.15, 0.2) is 17.5 Å². The number of nitrogens with zero attached hydrogens (tertiary/aromatic N) is 3. The Morgan fingerprint density at radius 3 is 1.49 bits per heavy atom. The third kappa shape index (κ3) is 6.08. The summed E-state index contributed by atoms with van der Waals surface area (Å²) in [5.41, 5.74) is 16.2. The number of hydrogen-bond acceptors (Lipinski definition) is 3. The highest BCUT2D eigenvalue weighted by atomic mass is 15.0. The van der Waals surface area contributed by atoms with E-state index in [9.17, 15) is 0 Å². The van der Waals surface area contributed by atoms with Crippen molar-refractivity contribution in [1.29, 1.82) is 0 Å². The van der Waals surface area contributed by atoms with Crippen molar-refractivity contribution in [1.82, 2.24) is 15.0 Å². The molecule has 8 heteroatoms. The Morgan fingerprint density at radius 2 is 0.764 bits per heavy atom. The zero-order valence-electron chi connectivity index (χ0n) is 31.9. The van der Waals surface area contributed by atoms with Crippen LogP contribution in [0.25, 0.3) is 89.1 Å². The maximum absolute atomic E-state index is 5.34. The molecule has 0 saturated carbocycles. The summed E-state index contributed by atoms with van der Waals surface area (Å²) in [6.45, 7) is 0. The second-order valence-electron chi connectivity index (χ2n) is 14.5. The molecule has 55 heavy (non-hydrogen) atoms. The van der Waals surface area contributed by atoms with Gasteiger partial charge in [-0.1, -0.05) is 163 Å². The van der Waals surface area contributed by atoms with Gasteiger partial charge in [0.2, 0.25) is 0 Å². The molecule has 254 valence electrons. The average Bonchev–Trinajstić information content (AvgIpc) is 3.24. The molecule has 3 nitrogen and oxygen atoms in total. The summed E-state index contributed by atoms with van der Waals surface area (Å²) in [4.78, 5) is 16.0. The topological polar surface area (TPSA) is 38.7 Å². The largest absolute Gasteiger partial charge is 0.208 e. The summed E-state index contributed by atoms with van der Waals surface area (Å²) in [7, 11) is 11.0. The SMILES string of the molecule is Bc1c(B)c(B)c(-c2nc(-c3cccc(-c4ccc(-c5ccccc5)c5ccccc45)c3)nc(-c3ccccc3-c3cccc4ccccc34)n2)c(B)c1B. The van der Waals surface area contributed by atoms with Crippen molar-refractivity contribution in [3.63, 3.8) is 0 Å². The molecule has 0 radical (unpaired) electrons. The van der Waals surface area contributed by atoms with Gasteiger partial charge in [-0.05, 0) is 61.0 Å². The summed E-state index contributed by atoms with van der Waals surface area (Å²) >= 11 is 0. The Morgan fingerprint density at radius 1 is 0.291 bits per heavy atom. The predicted octanol–water partition coefficient (Wildman–Crippen LogP) is 3.47. The average molecular weight is 697 g/mol. The van der Waals surface area contributed by atoms with Gasteiger partial charge in [-0.2, -0.15) is 0 Å². The van der Waals surface area contributed by atoms with Crippen molar-refractivity contribution >= 4 is 88.1 Å². The lowest BCUT2D eigenvalue weighted by molar-refractivity contribution is 1.08. The first-order valence-corrected chi connectivity index (χ1v) is 19.0. The van der Waals surface area contributed by atoms with Crippen LogP contribution >= 0.6 is 0 Å². The fourth-order valence-electron chi connectivity index (χ4n) is 8.19. The molecule has 0 aliphatic heterocycles. The Bertz CT molecular complexity index is 2910. The lowest BCUT2D eigenvalue weighted by atomic mass is 9.60. The van der Waals surface area contributed by atoms with Crippen molar-refractivity contribution < 1.29 is 0 Å². The van der Waals surface area contributed by atoms with Crippen molar-refractivity contribution in [3.05, 3.63) is 158 Å². The maximum Gasteiger partial charge on any atom is 0.164 e. The highest BCUT2D eigenvalue weighted by Crippen LogP contribution is 2.38. The fourth-order valence-corrected chi connectivity index (χ4v) is 8.19. The van der Waals surface area contributed by atoms with Crippen molar-refractivity contribution in [2.45, 2.75) is 0 Å². The van der Waals surface area contributed by atoms with E-state index in [0.29, 0.717) is 17.5 Å². The van der Waals surface area contributed by atoms with Crippen LogP contribution in [0.1, 0.15) is 0 Å². The summed E-state index contributed by atoms with van der Waals surface area (Å²) in [5.74, 6) is 1.99. The van der Waals surface area contributed by atoms with Gasteiger partial charge in [-0.15, -0.1) is 16.4 Å². The molecule has 0 aliphatic rings. The Labute approximate surface area is 327 Å². The molecule has 8 aromatic carbocycles. The minimum atomic E-state index is 0.648. The monoisotopic (exact) mass is 697 g/mol. The first-order chi connectivity index (χ1) is 26.9. The van der Waals surface area contributed by atoms with E-state index in [-0.39, 0.29) is 0 Å². The Kier molecular flexibility index (Phi) is 8.83. The molecule has 0 atom stereocenters. The van der Waals surface area contributed by atoms with Gasteiger partial charge in [-0.3, -0.25) is 0 Å². The molecule has 9 rings (SSSR count). The molecule has 0 saturated heterocycles. The van der Waals surface area contributed by atoms with E-state index in [1.807, 2.05) is 0 Å². The van der Waals surface area contributed by atoms with Gasteiger partial charge >= 0.3 is 0 Å². The van der Waals surface area contributed by atoms with E-state index >= 15 is 0 Å². The molecule has 0 amide bonds. The predicted molar refractivity (Wildman–Crippen MR) is 248 cm³/mol. The van der Waals surface area contributed by atoms with Crippen LogP contribution in [0.5, 0.6) is 0 Å². The first kappa shape index (κ1) is 34.4. The van der Waals surface area contributed by atoms with Crippen LogP contribution in [-0.4, -0.2) is 54.2 Å². The quantitative estimate of drug-likeness (QED) is 0.250. The number of fused-ring (bicyclic) bond motifs is 2. The standard InChI is InChI=1S/C47H36B5N3/c48-40-39(41(49)43(51)44(52)42(40)50)47-54-45(53-46(55-47)38-22-9-8-21-37(38)36-23-11-15-28-14-4-5-18-31(28)36)30-17-10-16-29(26-30)33-25-24-32(27-12-2-1-3-13-27)34-19-6-7-20-35(33)34/h1-26H,48-52H2. The van der Waals surface area contributed by atoms with Gasteiger partial charge < -0.3 is 0 Å². The van der Waals surface area contributed by atoms with Crippen LogP contribution in [0.3, 0.4) is 0 Å². The van der Waals surface area contributed by atoms with Gasteiger partial charge in [0, 0.05) is 16.7 Å². The van der Waals surface area contributed by atoms with Crippen LogP contribution < -0.4 is 27.3 Å². The lowest BCUT2D eigenvalue weighted by Crippen LogP contribution is -2.55. The third-order valence-corrected chi connectivity index (χ3v) is 11.5. The molecule has 0 fully saturated rings. The minimum absolute atomic E-state index is 0.648. The van der Waals surface area contributed by atoms with Crippen molar-refractivity contribution in [2.75, 3.05) is 0 Å². The second kappa shape index (κ2) is 14.1. The number of rotatable bonds is 6. The van der Waals surface area contributed by atoms with Crippen molar-refractivity contribution in [2.24, 2.45) is 0 Å². The van der Waals surface area contributed by atoms with Crippen LogP contribution in [0.15, 0.2) is 158 Å². The Balaban J connectivity index is 1.26. The first-order valence-electron chi connectivity index (χ1n) is 19.0. The second-order valence-corrected chi connectivity index (χ2v) is 14.5. The smallest absolute Gasteiger partial charge is 0.164 e. The van der Waals surface area contributed by atoms with Crippen LogP contribution in [-0.2, 0) is 0 Å². The van der Waals surface area contributed by atoms with Gasteiger partial charge in [-0.25, -0.2) is 15.0 Å². The fraction of sp³-hybridized carbons (Fsp3) is 0. The number of aromatic nitrogens is 3. The summed E-state index contributed by atoms with van der Waals surface area (Å²) in [6, 6.07) is 56.0. The van der Waals surface area contributed by atoms with Crippen LogP contribution in [0.2, 0.25) is 0 Å². The molecule has 0 spiro atoms. The zero-order chi connectivity index (χ0) is 37.6. The van der Waals surface area contributed by atoms with E-state index in [2.05, 4.69) is 197 Å². The summed E-state index contributed by atoms with van der Waals surface area (Å²) in [6.07, 6.45) is 0. The normalized spacial score (nSPS) is 11.3. The molecule has 0 unspecified atom stereocenters. The van der Waals surface area contributed by atoms with Gasteiger partial charge in [0.1, 0.15) is 39.2 Å². The lowest BCUT2D eigenvalue weighted by Gasteiger charge is -2.20. The molecular formula is C47H36B5N3. The van der Waals surface area contributed by atoms with E-state index in [1.165, 1.54) is 65.5 Å². The van der Waals surface area contributed by atoms with E-state index in [1.54, 1.807) is 0 Å². The van der Waals surface area contributed by atoms with Crippen LogP contribution in [0.4, 0.5) is 0 Å². The minimum Gasteiger partial charge on any atom is -0.208 e. The molecule has 1 aromatic heterocycles. The van der Waals surface area contributed by atoms with E-state index in [4.69, 9.17) is 15.0 Å². The number of hydrogen-bond donors (Lipinski definition) is 0. The number of benzene rings is 8. The Hall–Kier alpha value is -6.39. The zero-order valence-corrected chi connectivity index (χ0v) is 31.9. The molecule has 9 aromatic rings. The van der Waals surface area contributed by atoms with Crippen molar-refractivity contribution in [3.8, 4) is 67.5 Å². The van der Waals surface area contributed by atoms with Gasteiger partial charge in [0.25, 0.3) is 0 Å². The van der Waals surface area contributed by atoms with E-state index < -0.39 is 0 Å². The molecule has 0 bridgehead atoms. The highest BCUT2D eigenvalue weighted by molar-refractivity contribution is 6.68. The molecular weight excluding hydrogens is 661 g/mol. The molecule has 0 N–H and O–H groups in total. The van der Waals surface area contributed by atoms with Crippen LogP contribution in [0, 0.1) is 0 Å². The third-order valence-electron chi connectivity index (χ3n) is 11.5. The van der Waals surface area contributed by atoms with E-state index in [0.717, 1.165) is 33.4 Å².